The van der Waals surface area contributed by atoms with Crippen molar-refractivity contribution in [1.82, 2.24) is 0 Å². The molecular weight excluding hydrogens is 120 g/mol. The second-order valence-electron chi connectivity index (χ2n) is 2.43. The smallest absolute Gasteiger partial charge is 0.0622 e. The van der Waals surface area contributed by atoms with Gasteiger partial charge in [-0.15, -0.1) is 0 Å². The van der Waals surface area contributed by atoms with E-state index in [-0.39, 0.29) is 0 Å². The summed E-state index contributed by atoms with van der Waals surface area (Å²) < 4.78 is 0. The van der Waals surface area contributed by atoms with Crippen LogP contribution in [0.5, 0.6) is 0 Å². The number of aryl methyl sites for hydroxylation is 1. The van der Waals surface area contributed by atoms with Crippen LogP contribution in [0.3, 0.4) is 0 Å². The van der Waals surface area contributed by atoms with Crippen LogP contribution in [-0.4, -0.2) is 0 Å². The largest absolute Gasteiger partial charge is 0.0912 e. The molecule has 0 aromatic heterocycles. The van der Waals surface area contributed by atoms with Gasteiger partial charge in [-0.2, -0.15) is 0 Å². The van der Waals surface area contributed by atoms with Gasteiger partial charge in [0.05, 0.1) is 19.8 Å². The summed E-state index contributed by atoms with van der Waals surface area (Å²) in [6.07, 6.45) is 4.56. The molecule has 0 aliphatic rings. The summed E-state index contributed by atoms with van der Waals surface area (Å²) in [4.78, 5) is 0. The Morgan fingerprint density at radius 3 is 2.50 bits per heavy atom. The molecule has 1 aromatic rings. The van der Waals surface area contributed by atoms with Gasteiger partial charge < -0.3 is 0 Å². The second-order valence-corrected chi connectivity index (χ2v) is 2.43. The monoisotopic (exact) mass is 133 g/mol. The van der Waals surface area contributed by atoms with Crippen molar-refractivity contribution in [2.45, 2.75) is 19.8 Å². The summed E-state index contributed by atoms with van der Waals surface area (Å²) >= 11 is 0. The molecule has 10 heavy (non-hydrogen) atoms. The zero-order valence-electron chi connectivity index (χ0n) is 6.38. The molecule has 1 aromatic carbocycles. The molecule has 0 radical (unpaired) electrons. The van der Waals surface area contributed by atoms with Crippen LogP contribution in [0.25, 0.3) is 0 Å². The average Bonchev–Trinajstić information content (AvgIpc) is 2.03. The molecule has 0 heterocycles. The van der Waals surface area contributed by atoms with Crippen molar-refractivity contribution in [3.63, 3.8) is 0 Å². The van der Waals surface area contributed by atoms with E-state index >= 15 is 0 Å². The lowest BCUT2D eigenvalue weighted by molar-refractivity contribution is 0.937. The highest BCUT2D eigenvalue weighted by Gasteiger charge is 1.92. The average molecular weight is 133 g/mol. The minimum absolute atomic E-state index is 1.18. The molecule has 0 amide bonds. The summed E-state index contributed by atoms with van der Waals surface area (Å²) in [7, 11) is 0. The van der Waals surface area contributed by atoms with Crippen LogP contribution >= 0.6 is 0 Å². The molecule has 0 nitrogen and oxygen atoms in total. The first-order chi connectivity index (χ1) is 4.93. The molecule has 0 aliphatic heterocycles. The summed E-state index contributed by atoms with van der Waals surface area (Å²) in [5.74, 6) is 0. The van der Waals surface area contributed by atoms with Gasteiger partial charge in [-0.3, -0.25) is 0 Å². The van der Waals surface area contributed by atoms with Gasteiger partial charge in [0.15, 0.2) is 0 Å². The number of benzene rings is 1. The summed E-state index contributed by atoms with van der Waals surface area (Å²) in [6, 6.07) is 10.6. The predicted molar refractivity (Wildman–Crippen MR) is 44.7 cm³/mol. The maximum absolute atomic E-state index is 2.20. The van der Waals surface area contributed by atoms with Crippen LogP contribution in [0.2, 0.25) is 0 Å². The third-order valence-corrected chi connectivity index (χ3v) is 1.56. The highest BCUT2D eigenvalue weighted by atomic mass is 13.9. The summed E-state index contributed by atoms with van der Waals surface area (Å²) in [5, 5.41) is 0. The first-order valence-electron chi connectivity index (χ1n) is 3.75. The van der Waals surface area contributed by atoms with E-state index in [0.717, 1.165) is 0 Å². The van der Waals surface area contributed by atoms with Gasteiger partial charge in [0.2, 0.25) is 0 Å². The fraction of sp³-hybridized carbons (Fsp3) is 0.300. The molecule has 52 valence electrons. The SMILES string of the molecule is C[CH+]CCc1ccccc1. The maximum atomic E-state index is 2.20. The van der Waals surface area contributed by atoms with Crippen LogP contribution in [0.4, 0.5) is 0 Å². The van der Waals surface area contributed by atoms with E-state index in [1.807, 2.05) is 0 Å². The lowest BCUT2D eigenvalue weighted by Gasteiger charge is -1.92. The zero-order valence-corrected chi connectivity index (χ0v) is 6.38. The van der Waals surface area contributed by atoms with E-state index in [9.17, 15) is 0 Å². The van der Waals surface area contributed by atoms with E-state index in [1.165, 1.54) is 18.4 Å². The van der Waals surface area contributed by atoms with Gasteiger partial charge in [0.1, 0.15) is 0 Å². The van der Waals surface area contributed by atoms with Gasteiger partial charge in [-0.05, 0) is 5.56 Å². The second kappa shape index (κ2) is 3.99. The van der Waals surface area contributed by atoms with Gasteiger partial charge >= 0.3 is 0 Å². The Bertz CT molecular complexity index is 165. The van der Waals surface area contributed by atoms with Crippen molar-refractivity contribution >= 4 is 0 Å². The molecule has 1 rings (SSSR count). The minimum Gasteiger partial charge on any atom is -0.0622 e. The standard InChI is InChI=1S/C10H13/c1-2-3-7-10-8-5-4-6-9-10/h2,4-6,8-9H,3,7H2,1H3/q+1. The number of hydrogen-bond donors (Lipinski definition) is 0. The van der Waals surface area contributed by atoms with Crippen LogP contribution in [-0.2, 0) is 6.42 Å². The van der Waals surface area contributed by atoms with Crippen molar-refractivity contribution < 1.29 is 0 Å². The number of unbranched alkanes of at least 4 members (excludes halogenated alkanes) is 1. The molecule has 0 saturated carbocycles. The van der Waals surface area contributed by atoms with Crippen LogP contribution in [0, 0.1) is 6.42 Å². The Hall–Kier alpha value is -0.910. The number of hydrogen-bond acceptors (Lipinski definition) is 0. The fourth-order valence-corrected chi connectivity index (χ4v) is 0.956. The maximum Gasteiger partial charge on any atom is 0.0912 e. The highest BCUT2D eigenvalue weighted by molar-refractivity contribution is 5.14. The normalized spacial score (nSPS) is 9.30. The summed E-state index contributed by atoms with van der Waals surface area (Å²) in [5.41, 5.74) is 1.43. The molecule has 0 fully saturated rings. The first-order valence-corrected chi connectivity index (χ1v) is 3.75. The van der Waals surface area contributed by atoms with E-state index in [0.29, 0.717) is 0 Å². The Morgan fingerprint density at radius 2 is 1.90 bits per heavy atom. The van der Waals surface area contributed by atoms with E-state index in [4.69, 9.17) is 0 Å². The van der Waals surface area contributed by atoms with Crippen molar-refractivity contribution in [2.75, 3.05) is 0 Å². The van der Waals surface area contributed by atoms with Crippen LogP contribution < -0.4 is 0 Å². The molecule has 0 heteroatoms. The molecule has 0 saturated heterocycles. The molecular formula is C10H13+. The molecule has 0 unspecified atom stereocenters. The molecule has 0 aliphatic carbocycles. The highest BCUT2D eigenvalue weighted by Crippen LogP contribution is 2.02. The zero-order chi connectivity index (χ0) is 7.23. The van der Waals surface area contributed by atoms with Crippen molar-refractivity contribution in [3.8, 4) is 0 Å². The minimum atomic E-state index is 1.18. The lowest BCUT2D eigenvalue weighted by atomic mass is 10.1. The predicted octanol–water partition coefficient (Wildman–Crippen LogP) is 2.84. The Labute approximate surface area is 62.9 Å². The van der Waals surface area contributed by atoms with Crippen LogP contribution in [0.1, 0.15) is 18.9 Å². The van der Waals surface area contributed by atoms with Gasteiger partial charge in [0.25, 0.3) is 0 Å². The summed E-state index contributed by atoms with van der Waals surface area (Å²) in [6.45, 7) is 2.10. The van der Waals surface area contributed by atoms with Gasteiger partial charge in [-0.1, -0.05) is 30.3 Å². The van der Waals surface area contributed by atoms with E-state index in [1.54, 1.807) is 0 Å². The first kappa shape index (κ1) is 7.20. The van der Waals surface area contributed by atoms with Crippen molar-refractivity contribution in [3.05, 3.63) is 42.3 Å². The van der Waals surface area contributed by atoms with E-state index < -0.39 is 0 Å². The van der Waals surface area contributed by atoms with Gasteiger partial charge in [-0.25, -0.2) is 0 Å². The molecule has 0 N–H and O–H groups in total. The Kier molecular flexibility index (Phi) is 2.88. The Morgan fingerprint density at radius 1 is 1.20 bits per heavy atom. The molecule has 0 spiro atoms. The molecule has 0 atom stereocenters. The molecule has 0 bridgehead atoms. The quantitative estimate of drug-likeness (QED) is 0.556. The lowest BCUT2D eigenvalue weighted by Crippen LogP contribution is -1.82. The van der Waals surface area contributed by atoms with E-state index in [2.05, 4.69) is 43.7 Å². The topological polar surface area (TPSA) is 0 Å². The van der Waals surface area contributed by atoms with Crippen LogP contribution in [0.15, 0.2) is 30.3 Å². The third-order valence-electron chi connectivity index (χ3n) is 1.56. The fourth-order valence-electron chi connectivity index (χ4n) is 0.956. The number of rotatable bonds is 3. The third kappa shape index (κ3) is 2.14. The Balaban J connectivity index is 2.43. The van der Waals surface area contributed by atoms with Gasteiger partial charge in [0, 0.05) is 6.42 Å². The van der Waals surface area contributed by atoms with Crippen molar-refractivity contribution in [1.29, 1.82) is 0 Å². The van der Waals surface area contributed by atoms with Crippen molar-refractivity contribution in [2.24, 2.45) is 0 Å².